The van der Waals surface area contributed by atoms with E-state index in [4.69, 9.17) is 10.5 Å². The Hall–Kier alpha value is -2.10. The molecule has 1 heterocycles. The molecule has 0 aliphatic heterocycles. The minimum absolute atomic E-state index is 0.203. The fraction of sp³-hybridized carbons (Fsp3) is 0.333. The Labute approximate surface area is 72.8 Å². The van der Waals surface area contributed by atoms with Gasteiger partial charge in [-0.15, -0.1) is 0 Å². The summed E-state index contributed by atoms with van der Waals surface area (Å²) in [4.78, 5) is 12.9. The predicted molar refractivity (Wildman–Crippen MR) is 38.8 cm³/mol. The van der Waals surface area contributed by atoms with E-state index in [1.807, 2.05) is 0 Å². The van der Waals surface area contributed by atoms with Gasteiger partial charge in [0.15, 0.2) is 10.7 Å². The van der Waals surface area contributed by atoms with Crippen LogP contribution in [0, 0.1) is 12.3 Å². The molecule has 0 aliphatic rings. The van der Waals surface area contributed by atoms with E-state index in [0.29, 0.717) is 0 Å². The van der Waals surface area contributed by atoms with E-state index >= 15 is 0 Å². The third kappa shape index (κ3) is 1.56. The van der Waals surface area contributed by atoms with Crippen molar-refractivity contribution in [2.45, 2.75) is 13.5 Å². The van der Waals surface area contributed by atoms with E-state index < -0.39 is 18.4 Å². The molecule has 13 heavy (non-hydrogen) atoms. The number of diazo groups is 1. The Morgan fingerprint density at radius 2 is 2.46 bits per heavy atom. The largest absolute Gasteiger partial charge is 0.853 e. The first-order valence-electron chi connectivity index (χ1n) is 3.37. The highest BCUT2D eigenvalue weighted by molar-refractivity contribution is 5.67. The number of carboxylic acid groups (broad SMARTS) is 1. The molecule has 0 amide bonds. The van der Waals surface area contributed by atoms with Gasteiger partial charge in [0.2, 0.25) is 5.39 Å². The van der Waals surface area contributed by atoms with E-state index in [1.54, 1.807) is 0 Å². The van der Waals surface area contributed by atoms with Crippen LogP contribution in [0.2, 0.25) is 0 Å². The van der Waals surface area contributed by atoms with Crippen LogP contribution in [0.15, 0.2) is 0 Å². The molecule has 0 saturated heterocycles. The Morgan fingerprint density at radius 3 is 2.85 bits per heavy atom. The van der Waals surface area contributed by atoms with E-state index in [1.165, 1.54) is 6.92 Å². The maximum Gasteiger partial charge on any atom is 0.417 e. The van der Waals surface area contributed by atoms with Gasteiger partial charge in [-0.05, 0) is 6.92 Å². The molecule has 1 N–H and O–H groups in total. The number of aryl methyl sites for hydroxylation is 1. The lowest BCUT2D eigenvalue weighted by Crippen LogP contribution is -2.13. The SMILES string of the molecule is Cc1nn(CC(=O)O)c([O-])c1[N+]#N. The molecular weight excluding hydrogens is 176 g/mol. The van der Waals surface area contributed by atoms with Gasteiger partial charge in [0.25, 0.3) is 0 Å². The van der Waals surface area contributed by atoms with Gasteiger partial charge in [-0.3, -0.25) is 9.48 Å². The van der Waals surface area contributed by atoms with E-state index in [-0.39, 0.29) is 11.4 Å². The number of carboxylic acids is 1. The molecule has 7 heteroatoms. The first-order valence-corrected chi connectivity index (χ1v) is 3.37. The first-order chi connectivity index (χ1) is 6.06. The van der Waals surface area contributed by atoms with Gasteiger partial charge in [0.1, 0.15) is 6.54 Å². The van der Waals surface area contributed by atoms with E-state index in [9.17, 15) is 9.90 Å². The van der Waals surface area contributed by atoms with Crippen LogP contribution in [-0.4, -0.2) is 20.9 Å². The molecule has 1 rings (SSSR count). The van der Waals surface area contributed by atoms with Crippen LogP contribution in [0.5, 0.6) is 5.88 Å². The van der Waals surface area contributed by atoms with Crippen LogP contribution in [0.4, 0.5) is 5.69 Å². The third-order valence-corrected chi connectivity index (χ3v) is 1.44. The highest BCUT2D eigenvalue weighted by Crippen LogP contribution is 2.26. The third-order valence-electron chi connectivity index (χ3n) is 1.44. The zero-order valence-corrected chi connectivity index (χ0v) is 6.76. The molecule has 0 radical (unpaired) electrons. The summed E-state index contributed by atoms with van der Waals surface area (Å²) >= 11 is 0. The van der Waals surface area contributed by atoms with Crippen molar-refractivity contribution >= 4 is 11.7 Å². The van der Waals surface area contributed by atoms with Crippen LogP contribution in [0.25, 0.3) is 4.98 Å². The minimum Gasteiger partial charge on any atom is -0.853 e. The summed E-state index contributed by atoms with van der Waals surface area (Å²) in [6.07, 6.45) is 0. The second-order valence-electron chi connectivity index (χ2n) is 2.39. The quantitative estimate of drug-likeness (QED) is 0.639. The van der Waals surface area contributed by atoms with E-state index in [2.05, 4.69) is 10.1 Å². The molecule has 0 saturated carbocycles. The molecule has 0 fully saturated rings. The summed E-state index contributed by atoms with van der Waals surface area (Å²) in [6, 6.07) is 0. The van der Waals surface area contributed by atoms with Gasteiger partial charge in [-0.1, -0.05) is 0 Å². The number of rotatable bonds is 2. The molecule has 0 spiro atoms. The van der Waals surface area contributed by atoms with Crippen LogP contribution in [0.3, 0.4) is 0 Å². The molecule has 1 aromatic rings. The average molecular weight is 182 g/mol. The lowest BCUT2D eigenvalue weighted by Gasteiger charge is -2.03. The number of hydrogen-bond donors (Lipinski definition) is 1. The maximum atomic E-state index is 11.1. The second kappa shape index (κ2) is 3.10. The standard InChI is InChI=1S/C6H6N4O3/c1-3-5(8-7)6(13)10(9-3)2-4(11)12/h2H2,1H3,(H-,9,11,12,13). The van der Waals surface area contributed by atoms with E-state index in [0.717, 1.165) is 4.68 Å². The van der Waals surface area contributed by atoms with Gasteiger partial charge in [0.05, 0.1) is 5.88 Å². The van der Waals surface area contributed by atoms with Crippen molar-refractivity contribution in [2.24, 2.45) is 0 Å². The summed E-state index contributed by atoms with van der Waals surface area (Å²) in [5, 5.41) is 31.5. The fourth-order valence-electron chi connectivity index (χ4n) is 0.901. The maximum absolute atomic E-state index is 11.1. The van der Waals surface area contributed by atoms with Gasteiger partial charge >= 0.3 is 11.7 Å². The topological polar surface area (TPSA) is 106 Å². The van der Waals surface area contributed by atoms with Crippen molar-refractivity contribution < 1.29 is 15.0 Å². The van der Waals surface area contributed by atoms with Gasteiger partial charge < -0.3 is 10.2 Å². The summed E-state index contributed by atoms with van der Waals surface area (Å²) in [5.74, 6) is -1.88. The van der Waals surface area contributed by atoms with Crippen LogP contribution in [-0.2, 0) is 11.3 Å². The number of carbonyl (C=O) groups is 1. The highest BCUT2D eigenvalue weighted by Gasteiger charge is 2.19. The zero-order chi connectivity index (χ0) is 10.0. The van der Waals surface area contributed by atoms with Gasteiger partial charge in [0, 0.05) is 0 Å². The molecular formula is C6H6N4O3. The molecule has 68 valence electrons. The Kier molecular flexibility index (Phi) is 2.15. The lowest BCUT2D eigenvalue weighted by molar-refractivity contribution is -0.278. The fourth-order valence-corrected chi connectivity index (χ4v) is 0.901. The van der Waals surface area contributed by atoms with Crippen LogP contribution >= 0.6 is 0 Å². The van der Waals surface area contributed by atoms with Crippen molar-refractivity contribution in [1.82, 2.24) is 9.78 Å². The van der Waals surface area contributed by atoms with Gasteiger partial charge in [-0.25, -0.2) is 0 Å². The molecule has 7 nitrogen and oxygen atoms in total. The van der Waals surface area contributed by atoms with Crippen molar-refractivity contribution in [3.63, 3.8) is 0 Å². The van der Waals surface area contributed by atoms with Crippen molar-refractivity contribution in [3.05, 3.63) is 10.7 Å². The first kappa shape index (κ1) is 8.99. The zero-order valence-electron chi connectivity index (χ0n) is 6.76. The Morgan fingerprint density at radius 1 is 1.85 bits per heavy atom. The molecule has 0 atom stereocenters. The molecule has 0 aliphatic carbocycles. The summed E-state index contributed by atoms with van der Waals surface area (Å²) < 4.78 is 0.729. The summed E-state index contributed by atoms with van der Waals surface area (Å²) in [6.45, 7) is 0.921. The monoisotopic (exact) mass is 182 g/mol. The minimum atomic E-state index is -1.18. The normalized spacial score (nSPS) is 9.54. The number of aliphatic carboxylic acids is 1. The Bertz CT molecular complexity index is 389. The summed E-state index contributed by atoms with van der Waals surface area (Å²) in [7, 11) is 0. The summed E-state index contributed by atoms with van der Waals surface area (Å²) in [5.41, 5.74) is -0.0185. The average Bonchev–Trinajstić information content (AvgIpc) is 2.26. The number of hydrogen-bond acceptors (Lipinski definition) is 4. The molecule has 0 bridgehead atoms. The number of aromatic nitrogens is 2. The smallest absolute Gasteiger partial charge is 0.417 e. The molecule has 0 unspecified atom stereocenters. The van der Waals surface area contributed by atoms with Gasteiger partial charge in [-0.2, -0.15) is 5.10 Å². The number of nitrogens with zero attached hydrogens (tertiary/aromatic N) is 4. The van der Waals surface area contributed by atoms with Crippen molar-refractivity contribution in [2.75, 3.05) is 0 Å². The van der Waals surface area contributed by atoms with Crippen LogP contribution < -0.4 is 5.11 Å². The highest BCUT2D eigenvalue weighted by atomic mass is 16.4. The Balaban J connectivity index is 3.12. The van der Waals surface area contributed by atoms with Crippen molar-refractivity contribution in [1.29, 1.82) is 5.39 Å². The van der Waals surface area contributed by atoms with Crippen molar-refractivity contribution in [3.8, 4) is 5.88 Å². The lowest BCUT2D eigenvalue weighted by atomic mass is 10.4. The van der Waals surface area contributed by atoms with Crippen LogP contribution in [0.1, 0.15) is 5.69 Å². The second-order valence-corrected chi connectivity index (χ2v) is 2.39. The predicted octanol–water partition coefficient (Wildman–Crippen LogP) is -0.166. The molecule has 0 aromatic carbocycles. The molecule has 1 aromatic heterocycles.